The molecule has 0 aliphatic rings. The van der Waals surface area contributed by atoms with Crippen LogP contribution in [0.5, 0.6) is 5.75 Å². The number of amides is 1. The van der Waals surface area contributed by atoms with E-state index in [1.54, 1.807) is 12.1 Å². The third-order valence-corrected chi connectivity index (χ3v) is 4.69. The van der Waals surface area contributed by atoms with Gasteiger partial charge in [0.15, 0.2) is 6.61 Å². The maximum atomic E-state index is 12.0. The number of halogens is 2. The van der Waals surface area contributed by atoms with Gasteiger partial charge in [0.1, 0.15) is 5.75 Å². The summed E-state index contributed by atoms with van der Waals surface area (Å²) >= 11 is 9.39. The lowest BCUT2D eigenvalue weighted by molar-refractivity contribution is -0.147. The molecule has 2 aromatic rings. The molecule has 2 aromatic carbocycles. The van der Waals surface area contributed by atoms with Crippen molar-refractivity contribution < 1.29 is 19.1 Å². The molecular weight excluding hydrogens is 446 g/mol. The minimum Gasteiger partial charge on any atom is -0.492 e. The topological polar surface area (TPSA) is 64.6 Å². The molecule has 1 N–H and O–H groups in total. The number of esters is 1. The van der Waals surface area contributed by atoms with Crippen LogP contribution in [0.25, 0.3) is 0 Å². The molecule has 0 saturated carbocycles. The Bertz CT molecular complexity index is 826. The van der Waals surface area contributed by atoms with Crippen LogP contribution in [0.2, 0.25) is 5.02 Å². The van der Waals surface area contributed by atoms with Crippen LogP contribution >= 0.6 is 27.5 Å². The number of nitrogens with one attached hydrogen (secondary N) is 1. The van der Waals surface area contributed by atoms with Gasteiger partial charge in [0.05, 0.1) is 11.6 Å². The molecule has 5 nitrogen and oxygen atoms in total. The lowest BCUT2D eigenvalue weighted by atomic mass is 10.0. The number of hydrogen-bond donors (Lipinski definition) is 1. The standard InChI is InChI=1S/C21H23BrClNO4/c1-14(2)16-6-3-4-7-18(16)24-20(25)13-28-21(26)8-5-11-27-19-10-9-15(22)12-17(19)23/h3-4,6-7,9-10,12,14H,5,8,11,13H2,1-2H3,(H,24,25). The third-order valence-electron chi connectivity index (χ3n) is 3.90. The summed E-state index contributed by atoms with van der Waals surface area (Å²) in [6.45, 7) is 4.11. The summed E-state index contributed by atoms with van der Waals surface area (Å²) in [6.07, 6.45) is 0.618. The van der Waals surface area contributed by atoms with Gasteiger partial charge in [-0.15, -0.1) is 0 Å². The van der Waals surface area contributed by atoms with Crippen LogP contribution < -0.4 is 10.1 Å². The predicted octanol–water partition coefficient (Wildman–Crippen LogP) is 5.57. The van der Waals surface area contributed by atoms with E-state index in [1.807, 2.05) is 30.3 Å². The Hall–Kier alpha value is -2.05. The molecule has 0 radical (unpaired) electrons. The zero-order valence-corrected chi connectivity index (χ0v) is 18.2. The van der Waals surface area contributed by atoms with Crippen molar-refractivity contribution in [3.05, 3.63) is 57.5 Å². The van der Waals surface area contributed by atoms with Crippen molar-refractivity contribution in [3.63, 3.8) is 0 Å². The fourth-order valence-electron chi connectivity index (χ4n) is 2.51. The molecule has 0 heterocycles. The zero-order valence-electron chi connectivity index (χ0n) is 15.8. The first-order chi connectivity index (χ1) is 13.4. The van der Waals surface area contributed by atoms with E-state index in [0.717, 1.165) is 15.7 Å². The van der Waals surface area contributed by atoms with Gasteiger partial charge in [0, 0.05) is 16.6 Å². The van der Waals surface area contributed by atoms with Gasteiger partial charge in [-0.05, 0) is 42.2 Å². The normalized spacial score (nSPS) is 10.6. The minimum absolute atomic E-state index is 0.157. The van der Waals surface area contributed by atoms with Gasteiger partial charge in [0.2, 0.25) is 0 Å². The van der Waals surface area contributed by atoms with Crippen molar-refractivity contribution in [2.45, 2.75) is 32.6 Å². The second-order valence-electron chi connectivity index (χ2n) is 6.48. The van der Waals surface area contributed by atoms with Crippen molar-refractivity contribution in [2.75, 3.05) is 18.5 Å². The predicted molar refractivity (Wildman–Crippen MR) is 114 cm³/mol. The average molecular weight is 469 g/mol. The fourth-order valence-corrected chi connectivity index (χ4v) is 3.24. The lowest BCUT2D eigenvalue weighted by Crippen LogP contribution is -2.21. The third kappa shape index (κ3) is 7.17. The van der Waals surface area contributed by atoms with E-state index in [2.05, 4.69) is 35.1 Å². The van der Waals surface area contributed by atoms with E-state index in [0.29, 0.717) is 23.8 Å². The minimum atomic E-state index is -0.446. The summed E-state index contributed by atoms with van der Waals surface area (Å²) in [5.41, 5.74) is 1.77. The molecule has 0 aromatic heterocycles. The smallest absolute Gasteiger partial charge is 0.306 e. The van der Waals surface area contributed by atoms with Crippen LogP contribution in [0.1, 0.15) is 38.2 Å². The Morgan fingerprint density at radius 1 is 1.18 bits per heavy atom. The summed E-state index contributed by atoms with van der Waals surface area (Å²) in [7, 11) is 0. The van der Waals surface area contributed by atoms with Crippen molar-refractivity contribution in [3.8, 4) is 5.75 Å². The van der Waals surface area contributed by atoms with Gasteiger partial charge in [0.25, 0.3) is 5.91 Å². The first-order valence-electron chi connectivity index (χ1n) is 8.99. The average Bonchev–Trinajstić information content (AvgIpc) is 2.65. The van der Waals surface area contributed by atoms with Crippen LogP contribution in [0, 0.1) is 0 Å². The highest BCUT2D eigenvalue weighted by atomic mass is 79.9. The summed E-state index contributed by atoms with van der Waals surface area (Å²) < 4.78 is 11.4. The van der Waals surface area contributed by atoms with Gasteiger partial charge < -0.3 is 14.8 Å². The van der Waals surface area contributed by atoms with Crippen molar-refractivity contribution in [2.24, 2.45) is 0 Å². The lowest BCUT2D eigenvalue weighted by Gasteiger charge is -2.13. The van der Waals surface area contributed by atoms with Crippen molar-refractivity contribution in [1.29, 1.82) is 0 Å². The molecule has 1 amide bonds. The first kappa shape index (κ1) is 22.2. The molecule has 0 saturated heterocycles. The highest BCUT2D eigenvalue weighted by molar-refractivity contribution is 9.10. The van der Waals surface area contributed by atoms with E-state index in [1.165, 1.54) is 0 Å². The van der Waals surface area contributed by atoms with Gasteiger partial charge in [-0.1, -0.05) is 59.6 Å². The summed E-state index contributed by atoms with van der Waals surface area (Å²) in [4.78, 5) is 23.8. The summed E-state index contributed by atoms with van der Waals surface area (Å²) in [5.74, 6) is 0.0249. The second kappa shape index (κ2) is 11.1. The number of ether oxygens (including phenoxy) is 2. The number of carbonyl (C=O) groups is 2. The Morgan fingerprint density at radius 3 is 2.64 bits per heavy atom. The van der Waals surface area contributed by atoms with Gasteiger partial charge in [-0.3, -0.25) is 9.59 Å². The molecule has 0 bridgehead atoms. The quantitative estimate of drug-likeness (QED) is 0.386. The van der Waals surface area contributed by atoms with E-state index in [9.17, 15) is 9.59 Å². The van der Waals surface area contributed by atoms with Crippen LogP contribution in [0.4, 0.5) is 5.69 Å². The maximum Gasteiger partial charge on any atom is 0.306 e. The first-order valence-corrected chi connectivity index (χ1v) is 10.2. The molecular formula is C21H23BrClNO4. The van der Waals surface area contributed by atoms with Gasteiger partial charge >= 0.3 is 5.97 Å². The highest BCUT2D eigenvalue weighted by Crippen LogP contribution is 2.28. The van der Waals surface area contributed by atoms with Crippen molar-refractivity contribution >= 4 is 45.1 Å². The van der Waals surface area contributed by atoms with Crippen LogP contribution in [-0.2, 0) is 14.3 Å². The number of hydrogen-bond acceptors (Lipinski definition) is 4. The van der Waals surface area contributed by atoms with Gasteiger partial charge in [-0.25, -0.2) is 0 Å². The molecule has 28 heavy (non-hydrogen) atoms. The molecule has 7 heteroatoms. The molecule has 0 aliphatic carbocycles. The Morgan fingerprint density at radius 2 is 1.93 bits per heavy atom. The Labute approximate surface area is 178 Å². The number of carbonyl (C=O) groups excluding carboxylic acids is 2. The summed E-state index contributed by atoms with van der Waals surface area (Å²) in [6, 6.07) is 12.9. The second-order valence-corrected chi connectivity index (χ2v) is 7.80. The Balaban J connectivity index is 1.69. The number of rotatable bonds is 9. The fraction of sp³-hybridized carbons (Fsp3) is 0.333. The van der Waals surface area contributed by atoms with Crippen molar-refractivity contribution in [1.82, 2.24) is 0 Å². The Kier molecular flexibility index (Phi) is 8.80. The summed E-state index contributed by atoms with van der Waals surface area (Å²) in [5, 5.41) is 3.28. The van der Waals surface area contributed by atoms with E-state index in [4.69, 9.17) is 21.1 Å². The zero-order chi connectivity index (χ0) is 20.5. The number of anilines is 1. The van der Waals surface area contributed by atoms with Crippen LogP contribution in [0.15, 0.2) is 46.9 Å². The number of para-hydroxylation sites is 1. The largest absolute Gasteiger partial charge is 0.492 e. The van der Waals surface area contributed by atoms with E-state index >= 15 is 0 Å². The van der Waals surface area contributed by atoms with Gasteiger partial charge in [-0.2, -0.15) is 0 Å². The highest BCUT2D eigenvalue weighted by Gasteiger charge is 2.11. The van der Waals surface area contributed by atoms with Crippen LogP contribution in [-0.4, -0.2) is 25.1 Å². The molecule has 0 fully saturated rings. The molecule has 0 spiro atoms. The van der Waals surface area contributed by atoms with Crippen LogP contribution in [0.3, 0.4) is 0 Å². The molecule has 150 valence electrons. The monoisotopic (exact) mass is 467 g/mol. The molecule has 0 aliphatic heterocycles. The molecule has 0 atom stereocenters. The van der Waals surface area contributed by atoms with E-state index < -0.39 is 5.97 Å². The SMILES string of the molecule is CC(C)c1ccccc1NC(=O)COC(=O)CCCOc1ccc(Br)cc1Cl. The van der Waals surface area contributed by atoms with E-state index in [-0.39, 0.29) is 24.9 Å². The maximum absolute atomic E-state index is 12.0. The molecule has 2 rings (SSSR count). The number of benzene rings is 2. The molecule has 0 unspecified atom stereocenters.